The van der Waals surface area contributed by atoms with Gasteiger partial charge in [-0.1, -0.05) is 12.1 Å². The Kier molecular flexibility index (Phi) is 5.49. The van der Waals surface area contributed by atoms with Gasteiger partial charge in [-0.25, -0.2) is 9.18 Å². The fourth-order valence-corrected chi connectivity index (χ4v) is 2.15. The van der Waals surface area contributed by atoms with Gasteiger partial charge in [0.25, 0.3) is 5.91 Å². The highest BCUT2D eigenvalue weighted by Gasteiger charge is 2.17. The quantitative estimate of drug-likeness (QED) is 0.632. The highest BCUT2D eigenvalue weighted by Crippen LogP contribution is 2.09. The third kappa shape index (κ3) is 5.02. The summed E-state index contributed by atoms with van der Waals surface area (Å²) in [4.78, 5) is 25.0. The Morgan fingerprint density at radius 3 is 2.48 bits per heavy atom. The number of benzene rings is 1. The minimum absolute atomic E-state index is 0.154. The molecule has 1 aliphatic rings. The number of rotatable bonds is 4. The van der Waals surface area contributed by atoms with Crippen molar-refractivity contribution in [2.75, 3.05) is 19.7 Å². The predicted molar refractivity (Wildman–Crippen MR) is 76.8 cm³/mol. The Labute approximate surface area is 123 Å². The zero-order valence-corrected chi connectivity index (χ0v) is 11.8. The van der Waals surface area contributed by atoms with E-state index in [1.165, 1.54) is 24.3 Å². The van der Waals surface area contributed by atoms with Crippen LogP contribution in [0.3, 0.4) is 0 Å². The molecule has 21 heavy (non-hydrogen) atoms. The highest BCUT2D eigenvalue weighted by molar-refractivity contribution is 5.89. The summed E-state index contributed by atoms with van der Waals surface area (Å²) in [5.74, 6) is -1.07. The van der Waals surface area contributed by atoms with Gasteiger partial charge in [-0.15, -0.1) is 0 Å². The Balaban J connectivity index is 1.76. The minimum atomic E-state index is -0.579. The van der Waals surface area contributed by atoms with Crippen molar-refractivity contribution < 1.29 is 18.7 Å². The Morgan fingerprint density at radius 1 is 1.14 bits per heavy atom. The van der Waals surface area contributed by atoms with Crippen LogP contribution in [-0.4, -0.2) is 36.5 Å². The smallest absolute Gasteiger partial charge is 0.331 e. The lowest BCUT2D eigenvalue weighted by atomic mass is 10.1. The van der Waals surface area contributed by atoms with Gasteiger partial charge in [0.1, 0.15) is 5.82 Å². The van der Waals surface area contributed by atoms with E-state index in [9.17, 15) is 14.0 Å². The third-order valence-corrected chi connectivity index (χ3v) is 3.33. The monoisotopic (exact) mass is 291 g/mol. The first kappa shape index (κ1) is 15.2. The van der Waals surface area contributed by atoms with E-state index in [1.54, 1.807) is 17.0 Å². The van der Waals surface area contributed by atoms with Gasteiger partial charge < -0.3 is 9.64 Å². The molecule has 1 saturated heterocycles. The lowest BCUT2D eigenvalue weighted by Crippen LogP contribution is -2.38. The van der Waals surface area contributed by atoms with Crippen LogP contribution >= 0.6 is 0 Å². The number of amides is 1. The molecule has 0 bridgehead atoms. The molecule has 112 valence electrons. The van der Waals surface area contributed by atoms with Crippen LogP contribution in [-0.2, 0) is 14.3 Å². The molecule has 1 fully saturated rings. The summed E-state index contributed by atoms with van der Waals surface area (Å²) in [5.41, 5.74) is 0.690. The molecule has 0 N–H and O–H groups in total. The first-order chi connectivity index (χ1) is 10.1. The second-order valence-electron chi connectivity index (χ2n) is 4.93. The Bertz CT molecular complexity index is 519. The van der Waals surface area contributed by atoms with E-state index in [4.69, 9.17) is 4.74 Å². The van der Waals surface area contributed by atoms with Crippen molar-refractivity contribution in [2.45, 2.75) is 19.3 Å². The van der Waals surface area contributed by atoms with Crippen molar-refractivity contribution in [3.05, 3.63) is 41.7 Å². The van der Waals surface area contributed by atoms with E-state index in [-0.39, 0.29) is 18.3 Å². The van der Waals surface area contributed by atoms with Crippen LogP contribution in [0.1, 0.15) is 24.8 Å². The molecule has 5 heteroatoms. The molecule has 0 radical (unpaired) electrons. The number of ether oxygens (including phenoxy) is 1. The summed E-state index contributed by atoms with van der Waals surface area (Å²) in [6.45, 7) is 1.25. The van der Waals surface area contributed by atoms with E-state index in [0.717, 1.165) is 32.4 Å². The number of esters is 1. The number of hydrogen-bond donors (Lipinski definition) is 0. The number of carbonyl (C=O) groups is 2. The lowest BCUT2D eigenvalue weighted by Gasteiger charge is -2.26. The summed E-state index contributed by atoms with van der Waals surface area (Å²) in [5, 5.41) is 0. The number of nitrogens with zero attached hydrogens (tertiary/aromatic N) is 1. The molecule has 0 saturated carbocycles. The van der Waals surface area contributed by atoms with E-state index in [2.05, 4.69) is 0 Å². The maximum absolute atomic E-state index is 12.7. The van der Waals surface area contributed by atoms with E-state index < -0.39 is 5.97 Å². The first-order valence-corrected chi connectivity index (χ1v) is 7.03. The summed E-state index contributed by atoms with van der Waals surface area (Å²) >= 11 is 0. The van der Waals surface area contributed by atoms with Gasteiger partial charge in [-0.3, -0.25) is 4.79 Å². The SMILES string of the molecule is O=C(/C=C/c1ccc(F)cc1)OCC(=O)N1CCCCC1. The molecule has 0 unspecified atom stereocenters. The highest BCUT2D eigenvalue weighted by atomic mass is 19.1. The molecule has 4 nitrogen and oxygen atoms in total. The van der Waals surface area contributed by atoms with Crippen LogP contribution in [0.25, 0.3) is 6.08 Å². The molecule has 1 aromatic carbocycles. The molecule has 1 aromatic rings. The van der Waals surface area contributed by atoms with Crippen LogP contribution in [0, 0.1) is 5.82 Å². The topological polar surface area (TPSA) is 46.6 Å². The minimum Gasteiger partial charge on any atom is -0.452 e. The van der Waals surface area contributed by atoms with Crippen LogP contribution in [0.2, 0.25) is 0 Å². The summed E-state index contributed by atoms with van der Waals surface area (Å²) in [6, 6.07) is 5.73. The second-order valence-corrected chi connectivity index (χ2v) is 4.93. The van der Waals surface area contributed by atoms with Gasteiger partial charge in [0.2, 0.25) is 0 Å². The number of carbonyl (C=O) groups excluding carboxylic acids is 2. The molecule has 1 amide bonds. The molecular formula is C16H18FNO3. The van der Waals surface area contributed by atoms with Gasteiger partial charge in [0.15, 0.2) is 6.61 Å². The van der Waals surface area contributed by atoms with Crippen LogP contribution in [0.15, 0.2) is 30.3 Å². The van der Waals surface area contributed by atoms with E-state index in [0.29, 0.717) is 5.56 Å². The van der Waals surface area contributed by atoms with Crippen LogP contribution in [0.4, 0.5) is 4.39 Å². The van der Waals surface area contributed by atoms with Crippen molar-refractivity contribution in [3.8, 4) is 0 Å². The molecule has 2 rings (SSSR count). The van der Waals surface area contributed by atoms with Crippen LogP contribution < -0.4 is 0 Å². The number of hydrogen-bond acceptors (Lipinski definition) is 3. The normalized spacial score (nSPS) is 15.2. The molecule has 0 aromatic heterocycles. The average molecular weight is 291 g/mol. The largest absolute Gasteiger partial charge is 0.452 e. The first-order valence-electron chi connectivity index (χ1n) is 7.03. The number of likely N-dealkylation sites (tertiary alicyclic amines) is 1. The van der Waals surface area contributed by atoms with E-state index >= 15 is 0 Å². The number of piperidine rings is 1. The van der Waals surface area contributed by atoms with Crippen molar-refractivity contribution in [1.82, 2.24) is 4.90 Å². The van der Waals surface area contributed by atoms with Gasteiger partial charge >= 0.3 is 5.97 Å². The standard InChI is InChI=1S/C16H18FNO3/c17-14-7-4-13(5-8-14)6-9-16(20)21-12-15(19)18-10-2-1-3-11-18/h4-9H,1-3,10-12H2/b9-6+. The van der Waals surface area contributed by atoms with Crippen molar-refractivity contribution in [2.24, 2.45) is 0 Å². The second kappa shape index (κ2) is 7.57. The molecule has 1 aliphatic heterocycles. The van der Waals surface area contributed by atoms with Gasteiger partial charge in [-0.05, 0) is 43.0 Å². The van der Waals surface area contributed by atoms with E-state index in [1.807, 2.05) is 0 Å². The summed E-state index contributed by atoms with van der Waals surface area (Å²) < 4.78 is 17.6. The lowest BCUT2D eigenvalue weighted by molar-refractivity contribution is -0.148. The van der Waals surface area contributed by atoms with Crippen LogP contribution in [0.5, 0.6) is 0 Å². The van der Waals surface area contributed by atoms with Gasteiger partial charge in [0, 0.05) is 19.2 Å². The maximum atomic E-state index is 12.7. The molecule has 0 spiro atoms. The fraction of sp³-hybridized carbons (Fsp3) is 0.375. The zero-order valence-electron chi connectivity index (χ0n) is 11.8. The van der Waals surface area contributed by atoms with Crippen molar-refractivity contribution in [3.63, 3.8) is 0 Å². The average Bonchev–Trinajstić information content (AvgIpc) is 2.53. The third-order valence-electron chi connectivity index (χ3n) is 3.33. The molecule has 0 atom stereocenters. The fourth-order valence-electron chi connectivity index (χ4n) is 2.15. The van der Waals surface area contributed by atoms with Gasteiger partial charge in [0.05, 0.1) is 0 Å². The van der Waals surface area contributed by atoms with Crippen molar-refractivity contribution in [1.29, 1.82) is 0 Å². The van der Waals surface area contributed by atoms with Gasteiger partial charge in [-0.2, -0.15) is 0 Å². The molecule has 1 heterocycles. The maximum Gasteiger partial charge on any atom is 0.331 e. The summed E-state index contributed by atoms with van der Waals surface area (Å²) in [7, 11) is 0. The predicted octanol–water partition coefficient (Wildman–Crippen LogP) is 2.39. The van der Waals surface area contributed by atoms with Crippen molar-refractivity contribution >= 4 is 18.0 Å². The molecule has 0 aliphatic carbocycles. The summed E-state index contributed by atoms with van der Waals surface area (Å²) in [6.07, 6.45) is 5.90. The molecular weight excluding hydrogens is 273 g/mol. The Morgan fingerprint density at radius 2 is 1.81 bits per heavy atom. The zero-order chi connectivity index (χ0) is 15.1. The number of halogens is 1. The Hall–Kier alpha value is -2.17.